The van der Waals surface area contributed by atoms with E-state index in [1.807, 2.05) is 0 Å². The zero-order chi connectivity index (χ0) is 21.1. The van der Waals surface area contributed by atoms with E-state index < -0.39 is 52.3 Å². The lowest BCUT2D eigenvalue weighted by Crippen LogP contribution is -2.61. The van der Waals surface area contributed by atoms with Gasteiger partial charge in [0.1, 0.15) is 0 Å². The highest BCUT2D eigenvalue weighted by Gasteiger charge is 2.51. The molecule has 2 rings (SSSR count). The minimum Gasteiger partial charge on any atom is -0.466 e. The molecule has 8 nitrogen and oxygen atoms in total. The number of halogens is 3. The molecule has 1 saturated heterocycles. The van der Waals surface area contributed by atoms with Crippen molar-refractivity contribution in [1.29, 1.82) is 5.41 Å². The van der Waals surface area contributed by atoms with Crippen LogP contribution in [-0.2, 0) is 23.7 Å². The molecular weight excluding hydrogens is 437 g/mol. The Bertz CT molecular complexity index is 725. The molecule has 0 saturated carbocycles. The molecule has 0 spiro atoms. The summed E-state index contributed by atoms with van der Waals surface area (Å²) in [4.78, 5) is 23.9. The molecule has 1 aliphatic heterocycles. The van der Waals surface area contributed by atoms with Gasteiger partial charge in [-0.2, -0.15) is 0 Å². The zero-order valence-corrected chi connectivity index (χ0v) is 17.1. The normalized spacial score (nSPS) is 27.6. The number of carbonyl (C=O) groups excluding carboxylic acids is 2. The van der Waals surface area contributed by atoms with Crippen molar-refractivity contribution in [2.75, 3.05) is 0 Å². The maximum atomic E-state index is 12.5. The molecule has 11 heteroatoms. The van der Waals surface area contributed by atoms with Gasteiger partial charge in [0, 0.05) is 6.92 Å². The minimum atomic E-state index is -2.22. The second-order valence-corrected chi connectivity index (χ2v) is 8.23. The molecule has 0 aliphatic carbocycles. The molecule has 2 N–H and O–H groups in total. The van der Waals surface area contributed by atoms with Crippen LogP contribution in [0, 0.1) is 5.41 Å². The van der Waals surface area contributed by atoms with Crippen LogP contribution in [0.3, 0.4) is 0 Å². The van der Waals surface area contributed by atoms with Gasteiger partial charge in [0.05, 0.1) is 11.7 Å². The molecule has 0 radical (unpaired) electrons. The summed E-state index contributed by atoms with van der Waals surface area (Å²) in [6.07, 6.45) is -6.48. The number of hydrogen-bond donors (Lipinski definition) is 2. The summed E-state index contributed by atoms with van der Waals surface area (Å²) in [5, 5.41) is 17.9. The number of rotatable bonds is 4. The first-order valence-corrected chi connectivity index (χ1v) is 9.23. The molecule has 1 aromatic carbocycles. The first-order valence-electron chi connectivity index (χ1n) is 8.10. The van der Waals surface area contributed by atoms with Crippen LogP contribution in [0.4, 0.5) is 0 Å². The Balaban J connectivity index is 2.32. The second-order valence-electron chi connectivity index (χ2n) is 5.95. The van der Waals surface area contributed by atoms with E-state index in [9.17, 15) is 14.7 Å². The Morgan fingerprint density at radius 1 is 1.07 bits per heavy atom. The number of aliphatic hydroxyl groups is 1. The summed E-state index contributed by atoms with van der Waals surface area (Å²) < 4.78 is 18.9. The predicted molar refractivity (Wildman–Crippen MR) is 101 cm³/mol. The lowest BCUT2D eigenvalue weighted by atomic mass is 9.99. The number of esters is 2. The first-order chi connectivity index (χ1) is 13.0. The van der Waals surface area contributed by atoms with Crippen LogP contribution in [-0.4, -0.2) is 57.4 Å². The molecule has 5 atom stereocenters. The molecule has 0 amide bonds. The average Bonchev–Trinajstić information content (AvgIpc) is 2.60. The van der Waals surface area contributed by atoms with Crippen LogP contribution in [0.2, 0.25) is 0 Å². The molecule has 0 aromatic heterocycles. The van der Waals surface area contributed by atoms with Crippen LogP contribution in [0.25, 0.3) is 0 Å². The fourth-order valence-electron chi connectivity index (χ4n) is 2.57. The van der Waals surface area contributed by atoms with Crippen molar-refractivity contribution in [3.8, 4) is 0 Å². The van der Waals surface area contributed by atoms with Crippen molar-refractivity contribution < 1.29 is 33.6 Å². The van der Waals surface area contributed by atoms with E-state index in [-0.39, 0.29) is 5.56 Å². The average molecular weight is 455 g/mol. The van der Waals surface area contributed by atoms with Gasteiger partial charge in [-0.05, 0) is 19.1 Å². The van der Waals surface area contributed by atoms with Gasteiger partial charge in [-0.15, -0.1) is 0 Å². The number of hydrogen-bond acceptors (Lipinski definition) is 8. The van der Waals surface area contributed by atoms with Gasteiger partial charge >= 0.3 is 11.9 Å². The number of benzene rings is 1. The maximum absolute atomic E-state index is 12.5. The molecule has 154 valence electrons. The highest BCUT2D eigenvalue weighted by molar-refractivity contribution is 6.76. The van der Waals surface area contributed by atoms with Crippen molar-refractivity contribution in [3.05, 3.63) is 35.9 Å². The van der Waals surface area contributed by atoms with Crippen LogP contribution in [0.1, 0.15) is 24.2 Å². The van der Waals surface area contributed by atoms with Gasteiger partial charge in [-0.25, -0.2) is 4.79 Å². The van der Waals surface area contributed by atoms with Gasteiger partial charge in [-0.3, -0.25) is 10.2 Å². The molecule has 0 unspecified atom stereocenters. The summed E-state index contributed by atoms with van der Waals surface area (Å²) >= 11 is 17.0. The molecule has 1 aliphatic rings. The third-order valence-electron chi connectivity index (χ3n) is 3.81. The number of ether oxygens (including phenoxy) is 4. The molecule has 1 heterocycles. The lowest BCUT2D eigenvalue weighted by molar-refractivity contribution is -0.279. The topological polar surface area (TPSA) is 115 Å². The highest BCUT2D eigenvalue weighted by atomic mass is 35.6. The summed E-state index contributed by atoms with van der Waals surface area (Å²) in [6.45, 7) is 2.61. The van der Waals surface area contributed by atoms with Crippen LogP contribution >= 0.6 is 34.8 Å². The Hall–Kier alpha value is -1.58. The molecule has 28 heavy (non-hydrogen) atoms. The number of nitrogens with one attached hydrogen (secondary N) is 1. The Morgan fingerprint density at radius 3 is 2.21 bits per heavy atom. The van der Waals surface area contributed by atoms with E-state index in [0.717, 1.165) is 6.92 Å². The molecular formula is C17H18Cl3NO7. The molecule has 1 fully saturated rings. The first kappa shape index (κ1) is 22.7. The van der Waals surface area contributed by atoms with Crippen molar-refractivity contribution in [2.45, 2.75) is 48.3 Å². The van der Waals surface area contributed by atoms with Crippen LogP contribution < -0.4 is 0 Å². The summed E-state index contributed by atoms with van der Waals surface area (Å²) in [6, 6.07) is 8.09. The van der Waals surface area contributed by atoms with Crippen LogP contribution in [0.5, 0.6) is 0 Å². The maximum Gasteiger partial charge on any atom is 0.338 e. The lowest BCUT2D eigenvalue weighted by Gasteiger charge is -2.42. The largest absolute Gasteiger partial charge is 0.466 e. The summed E-state index contributed by atoms with van der Waals surface area (Å²) in [5.41, 5.74) is 0.250. The van der Waals surface area contributed by atoms with E-state index in [2.05, 4.69) is 0 Å². The van der Waals surface area contributed by atoms with Gasteiger partial charge in [0.2, 0.25) is 5.90 Å². The fourth-order valence-corrected chi connectivity index (χ4v) is 2.71. The molecule has 1 aromatic rings. The minimum absolute atomic E-state index is 0.250. The zero-order valence-electron chi connectivity index (χ0n) is 14.8. The second kappa shape index (κ2) is 9.28. The predicted octanol–water partition coefficient (Wildman–Crippen LogP) is 2.61. The number of carbonyl (C=O) groups is 2. The molecule has 0 bridgehead atoms. The van der Waals surface area contributed by atoms with E-state index in [4.69, 9.17) is 59.2 Å². The Labute approximate surface area is 176 Å². The van der Waals surface area contributed by atoms with Crippen molar-refractivity contribution >= 4 is 52.6 Å². The SMILES string of the molecule is CC(=O)O[C@@H]1[C@H](OC(=N)C(Cl)(Cl)Cl)[C@@H](OC(=O)c2ccccc2)[C@H](C)O[C@H]1O. The quantitative estimate of drug-likeness (QED) is 0.311. The van der Waals surface area contributed by atoms with Gasteiger partial charge in [-0.1, -0.05) is 53.0 Å². The highest BCUT2D eigenvalue weighted by Crippen LogP contribution is 2.33. The third-order valence-corrected chi connectivity index (χ3v) is 4.33. The van der Waals surface area contributed by atoms with Crippen molar-refractivity contribution in [2.24, 2.45) is 0 Å². The van der Waals surface area contributed by atoms with E-state index in [1.165, 1.54) is 19.1 Å². The number of aliphatic hydroxyl groups excluding tert-OH is 1. The standard InChI is InChI=1S/C17H18Cl3NO7/c1-8-11(27-14(23)10-6-4-3-5-7-10)12(28-16(21)17(18,19)20)13(15(24)25-8)26-9(2)22/h3-8,11-13,15,21,24H,1-2H3/t8-,11-,12+,13+,15+/m0/s1. The van der Waals surface area contributed by atoms with E-state index in [0.29, 0.717) is 0 Å². The van der Waals surface area contributed by atoms with E-state index in [1.54, 1.807) is 18.2 Å². The van der Waals surface area contributed by atoms with Crippen molar-refractivity contribution in [3.63, 3.8) is 0 Å². The fraction of sp³-hybridized carbons (Fsp3) is 0.471. The number of alkyl halides is 3. The Morgan fingerprint density at radius 2 is 1.68 bits per heavy atom. The monoisotopic (exact) mass is 453 g/mol. The van der Waals surface area contributed by atoms with Gasteiger partial charge < -0.3 is 24.1 Å². The Kier molecular flexibility index (Phi) is 7.52. The summed E-state index contributed by atoms with van der Waals surface area (Å²) in [5.74, 6) is -2.28. The van der Waals surface area contributed by atoms with Crippen LogP contribution in [0.15, 0.2) is 30.3 Å². The summed E-state index contributed by atoms with van der Waals surface area (Å²) in [7, 11) is 0. The van der Waals surface area contributed by atoms with Gasteiger partial charge in [0.15, 0.2) is 24.6 Å². The van der Waals surface area contributed by atoms with Gasteiger partial charge in [0.25, 0.3) is 3.79 Å². The van der Waals surface area contributed by atoms with Crippen molar-refractivity contribution in [1.82, 2.24) is 0 Å². The third kappa shape index (κ3) is 5.71. The smallest absolute Gasteiger partial charge is 0.338 e. The van der Waals surface area contributed by atoms with E-state index >= 15 is 0 Å².